The number of nitrogens with zero attached hydrogens (tertiary/aromatic N) is 3. The highest BCUT2D eigenvalue weighted by molar-refractivity contribution is 5.87. The van der Waals surface area contributed by atoms with Crippen LogP contribution in [0, 0.1) is 5.92 Å². The third kappa shape index (κ3) is 3.32. The van der Waals surface area contributed by atoms with Gasteiger partial charge in [-0.2, -0.15) is 5.10 Å². The van der Waals surface area contributed by atoms with Crippen molar-refractivity contribution >= 4 is 17.0 Å². The van der Waals surface area contributed by atoms with Gasteiger partial charge in [0.05, 0.1) is 30.2 Å². The Balaban J connectivity index is 1.47. The van der Waals surface area contributed by atoms with Crippen molar-refractivity contribution in [3.05, 3.63) is 53.9 Å². The topological polar surface area (TPSA) is 77.2 Å². The molecule has 1 fully saturated rings. The van der Waals surface area contributed by atoms with E-state index in [0.717, 1.165) is 41.2 Å². The van der Waals surface area contributed by atoms with Crippen LogP contribution in [-0.2, 0) is 11.2 Å². The molecule has 2 heterocycles. The van der Waals surface area contributed by atoms with Crippen molar-refractivity contribution in [2.24, 2.45) is 5.92 Å². The quantitative estimate of drug-likeness (QED) is 0.736. The highest BCUT2D eigenvalue weighted by Crippen LogP contribution is 2.29. The minimum absolute atomic E-state index is 0.251. The van der Waals surface area contributed by atoms with Crippen molar-refractivity contribution in [1.29, 1.82) is 0 Å². The number of rotatable bonds is 6. The molecule has 1 aromatic carbocycles. The minimum Gasteiger partial charge on any atom is -0.478 e. The normalized spacial score (nSPS) is 19.4. The lowest BCUT2D eigenvalue weighted by Gasteiger charge is -2.32. The predicted molar refractivity (Wildman–Crippen MR) is 97.7 cm³/mol. The second-order valence-electron chi connectivity index (χ2n) is 6.98. The Morgan fingerprint density at radius 1 is 1.27 bits per heavy atom. The molecule has 1 N–H and O–H groups in total. The molecule has 1 saturated carbocycles. The van der Waals surface area contributed by atoms with Crippen LogP contribution in [0.4, 0.5) is 0 Å². The number of pyridine rings is 1. The van der Waals surface area contributed by atoms with E-state index in [4.69, 9.17) is 9.84 Å². The van der Waals surface area contributed by atoms with E-state index in [0.29, 0.717) is 6.10 Å². The van der Waals surface area contributed by atoms with Crippen molar-refractivity contribution < 1.29 is 14.6 Å². The monoisotopic (exact) mass is 351 g/mol. The zero-order chi connectivity index (χ0) is 18.1. The number of benzene rings is 1. The maximum atomic E-state index is 11.0. The summed E-state index contributed by atoms with van der Waals surface area (Å²) in [4.78, 5) is 15.5. The summed E-state index contributed by atoms with van der Waals surface area (Å²) < 4.78 is 7.59. The van der Waals surface area contributed by atoms with Crippen LogP contribution in [0.1, 0.15) is 35.7 Å². The summed E-state index contributed by atoms with van der Waals surface area (Å²) in [5.74, 6) is -0.142. The maximum Gasteiger partial charge on any atom is 0.335 e. The van der Waals surface area contributed by atoms with Crippen LogP contribution >= 0.6 is 0 Å². The molecule has 0 unspecified atom stereocenters. The molecule has 2 aromatic heterocycles. The number of carbonyl (C=O) groups is 1. The number of ether oxygens (including phenoxy) is 1. The molecule has 0 saturated heterocycles. The molecular weight excluding hydrogens is 330 g/mol. The van der Waals surface area contributed by atoms with Gasteiger partial charge in [-0.3, -0.25) is 0 Å². The van der Waals surface area contributed by atoms with Crippen LogP contribution < -0.4 is 0 Å². The molecule has 4 rings (SSSR count). The predicted octanol–water partition coefficient (Wildman–Crippen LogP) is 3.48. The molecule has 134 valence electrons. The van der Waals surface area contributed by atoms with E-state index in [1.165, 1.54) is 12.8 Å². The Morgan fingerprint density at radius 2 is 2.04 bits per heavy atom. The average Bonchev–Trinajstić information content (AvgIpc) is 3.03. The number of aromatic carboxylic acids is 1. The van der Waals surface area contributed by atoms with Gasteiger partial charge in [0.15, 0.2) is 5.65 Å². The first-order valence-corrected chi connectivity index (χ1v) is 8.88. The summed E-state index contributed by atoms with van der Waals surface area (Å²) in [6.45, 7) is 2.97. The van der Waals surface area contributed by atoms with E-state index in [9.17, 15) is 4.79 Å². The van der Waals surface area contributed by atoms with E-state index in [2.05, 4.69) is 23.1 Å². The Morgan fingerprint density at radius 3 is 2.73 bits per heavy atom. The molecule has 3 aromatic rings. The van der Waals surface area contributed by atoms with E-state index in [-0.39, 0.29) is 5.56 Å². The smallest absolute Gasteiger partial charge is 0.335 e. The SMILES string of the molecule is CC1CC(OCCc2cnc3c(cnn3-c3ccc(C(=O)O)cc3)c2)C1. The lowest BCUT2D eigenvalue weighted by molar-refractivity contribution is -0.0238. The first kappa shape index (κ1) is 16.7. The Labute approximate surface area is 151 Å². The first-order chi connectivity index (χ1) is 12.6. The maximum absolute atomic E-state index is 11.0. The first-order valence-electron chi connectivity index (χ1n) is 8.88. The van der Waals surface area contributed by atoms with Gasteiger partial charge in [0.25, 0.3) is 0 Å². The minimum atomic E-state index is -0.941. The molecule has 0 radical (unpaired) electrons. The summed E-state index contributed by atoms with van der Waals surface area (Å²) in [6, 6.07) is 8.69. The van der Waals surface area contributed by atoms with Crippen LogP contribution in [0.25, 0.3) is 16.7 Å². The third-order valence-electron chi connectivity index (χ3n) is 4.90. The van der Waals surface area contributed by atoms with Crippen molar-refractivity contribution in [1.82, 2.24) is 14.8 Å². The number of hydrogen-bond donors (Lipinski definition) is 1. The average molecular weight is 351 g/mol. The van der Waals surface area contributed by atoms with Crippen LogP contribution in [0.5, 0.6) is 0 Å². The van der Waals surface area contributed by atoms with Crippen molar-refractivity contribution in [3.63, 3.8) is 0 Å². The number of fused-ring (bicyclic) bond motifs is 1. The fraction of sp³-hybridized carbons (Fsp3) is 0.350. The molecule has 0 spiro atoms. The molecule has 0 aliphatic heterocycles. The summed E-state index contributed by atoms with van der Waals surface area (Å²) in [7, 11) is 0. The molecular formula is C20H21N3O3. The van der Waals surface area contributed by atoms with Gasteiger partial charge in [-0.1, -0.05) is 6.92 Å². The molecule has 1 aliphatic carbocycles. The van der Waals surface area contributed by atoms with Crippen LogP contribution in [0.2, 0.25) is 0 Å². The Bertz CT molecular complexity index is 927. The molecule has 0 amide bonds. The van der Waals surface area contributed by atoms with Crippen LogP contribution in [-0.4, -0.2) is 38.6 Å². The fourth-order valence-corrected chi connectivity index (χ4v) is 3.35. The van der Waals surface area contributed by atoms with Gasteiger partial charge < -0.3 is 9.84 Å². The number of carboxylic acids is 1. The summed E-state index contributed by atoms with van der Waals surface area (Å²) in [5.41, 5.74) is 2.92. The van der Waals surface area contributed by atoms with Gasteiger partial charge in [0.2, 0.25) is 0 Å². The summed E-state index contributed by atoms with van der Waals surface area (Å²) in [5, 5.41) is 14.4. The molecule has 6 nitrogen and oxygen atoms in total. The number of aromatic nitrogens is 3. The molecule has 26 heavy (non-hydrogen) atoms. The lowest BCUT2D eigenvalue weighted by Crippen LogP contribution is -2.29. The summed E-state index contributed by atoms with van der Waals surface area (Å²) >= 11 is 0. The van der Waals surface area contributed by atoms with Gasteiger partial charge in [-0.25, -0.2) is 14.5 Å². The fourth-order valence-electron chi connectivity index (χ4n) is 3.35. The van der Waals surface area contributed by atoms with Gasteiger partial charge in [-0.05, 0) is 61.1 Å². The lowest BCUT2D eigenvalue weighted by atomic mass is 9.84. The highest BCUT2D eigenvalue weighted by atomic mass is 16.5. The standard InChI is InChI=1S/C20H21N3O3/c1-13-8-18(9-13)26-7-6-14-10-16-12-22-23(19(16)21-11-14)17-4-2-15(3-5-17)20(24)25/h2-5,10-13,18H,6-9H2,1H3,(H,24,25). The molecule has 0 bridgehead atoms. The van der Waals surface area contributed by atoms with Crippen molar-refractivity contribution in [2.75, 3.05) is 6.61 Å². The molecule has 0 atom stereocenters. The van der Waals surface area contributed by atoms with Crippen LogP contribution in [0.3, 0.4) is 0 Å². The van der Waals surface area contributed by atoms with E-state index in [1.54, 1.807) is 35.1 Å². The Hall–Kier alpha value is -2.73. The van der Waals surface area contributed by atoms with Crippen LogP contribution in [0.15, 0.2) is 42.7 Å². The van der Waals surface area contributed by atoms with E-state index >= 15 is 0 Å². The zero-order valence-electron chi connectivity index (χ0n) is 14.6. The van der Waals surface area contributed by atoms with E-state index in [1.807, 2.05) is 6.20 Å². The highest BCUT2D eigenvalue weighted by Gasteiger charge is 2.25. The molecule has 1 aliphatic rings. The van der Waals surface area contributed by atoms with Crippen molar-refractivity contribution in [3.8, 4) is 5.69 Å². The number of hydrogen-bond acceptors (Lipinski definition) is 4. The molecule has 6 heteroatoms. The van der Waals surface area contributed by atoms with Gasteiger partial charge in [0.1, 0.15) is 0 Å². The number of carboxylic acid groups (broad SMARTS) is 1. The van der Waals surface area contributed by atoms with Gasteiger partial charge >= 0.3 is 5.97 Å². The third-order valence-corrected chi connectivity index (χ3v) is 4.90. The van der Waals surface area contributed by atoms with Gasteiger partial charge in [-0.15, -0.1) is 0 Å². The Kier molecular flexibility index (Phi) is 4.42. The van der Waals surface area contributed by atoms with Crippen molar-refractivity contribution in [2.45, 2.75) is 32.3 Å². The summed E-state index contributed by atoms with van der Waals surface area (Å²) in [6.07, 6.45) is 7.25. The largest absolute Gasteiger partial charge is 0.478 e. The zero-order valence-corrected chi connectivity index (χ0v) is 14.6. The van der Waals surface area contributed by atoms with Gasteiger partial charge in [0, 0.05) is 11.6 Å². The second kappa shape index (κ2) is 6.88. The second-order valence-corrected chi connectivity index (χ2v) is 6.98. The van der Waals surface area contributed by atoms with E-state index < -0.39 is 5.97 Å².